The van der Waals surface area contributed by atoms with E-state index in [-0.39, 0.29) is 11.0 Å². The van der Waals surface area contributed by atoms with Crippen LogP contribution >= 0.6 is 0 Å². The van der Waals surface area contributed by atoms with Gasteiger partial charge in [-0.15, -0.1) is 0 Å². The van der Waals surface area contributed by atoms with Gasteiger partial charge in [-0.2, -0.15) is 5.10 Å². The second kappa shape index (κ2) is 6.43. The molecule has 8 heteroatoms. The Labute approximate surface area is 126 Å². The van der Waals surface area contributed by atoms with Crippen LogP contribution in [0, 0.1) is 0 Å². The van der Waals surface area contributed by atoms with Gasteiger partial charge in [0.1, 0.15) is 4.90 Å². The van der Waals surface area contributed by atoms with Gasteiger partial charge in [-0.3, -0.25) is 4.68 Å². The summed E-state index contributed by atoms with van der Waals surface area (Å²) in [6.45, 7) is 5.89. The summed E-state index contributed by atoms with van der Waals surface area (Å²) in [6.07, 6.45) is 4.39. The van der Waals surface area contributed by atoms with Crippen LogP contribution in [0.15, 0.2) is 17.3 Å². The lowest BCUT2D eigenvalue weighted by atomic mass is 9.97. The minimum absolute atomic E-state index is 0.141. The maximum Gasteiger partial charge on any atom is 0.244 e. The van der Waals surface area contributed by atoms with Crippen molar-refractivity contribution in [1.82, 2.24) is 19.8 Å². The first-order valence-electron chi connectivity index (χ1n) is 7.20. The molecule has 120 valence electrons. The van der Waals surface area contributed by atoms with Crippen molar-refractivity contribution in [2.75, 3.05) is 20.2 Å². The third kappa shape index (κ3) is 3.82. The van der Waals surface area contributed by atoms with Crippen LogP contribution in [0.25, 0.3) is 0 Å². The molecule has 1 aromatic rings. The van der Waals surface area contributed by atoms with Crippen molar-refractivity contribution in [2.45, 2.75) is 49.8 Å². The van der Waals surface area contributed by atoms with Crippen molar-refractivity contribution in [2.24, 2.45) is 0 Å². The average molecular weight is 316 g/mol. The zero-order chi connectivity index (χ0) is 15.5. The van der Waals surface area contributed by atoms with E-state index in [0.717, 1.165) is 13.0 Å². The number of aromatic nitrogens is 2. The van der Waals surface area contributed by atoms with E-state index in [1.165, 1.54) is 6.20 Å². The highest BCUT2D eigenvalue weighted by Crippen LogP contribution is 2.27. The molecule has 2 unspecified atom stereocenters. The summed E-state index contributed by atoms with van der Waals surface area (Å²) in [5.41, 5.74) is -0.562. The molecule has 0 spiro atoms. The Bertz CT molecular complexity index is 572. The molecule has 2 heterocycles. The van der Waals surface area contributed by atoms with E-state index < -0.39 is 15.6 Å². The zero-order valence-electron chi connectivity index (χ0n) is 12.8. The molecule has 0 amide bonds. The lowest BCUT2D eigenvalue weighted by Gasteiger charge is -2.28. The number of rotatable bonds is 7. The molecule has 0 radical (unpaired) electrons. The van der Waals surface area contributed by atoms with Crippen molar-refractivity contribution in [3.05, 3.63) is 12.4 Å². The van der Waals surface area contributed by atoms with Crippen molar-refractivity contribution in [3.8, 4) is 0 Å². The molecule has 0 aromatic carbocycles. The van der Waals surface area contributed by atoms with E-state index in [9.17, 15) is 8.42 Å². The first-order valence-corrected chi connectivity index (χ1v) is 8.68. The van der Waals surface area contributed by atoms with Crippen molar-refractivity contribution in [1.29, 1.82) is 0 Å². The Morgan fingerprint density at radius 2 is 2.33 bits per heavy atom. The van der Waals surface area contributed by atoms with E-state index in [4.69, 9.17) is 4.74 Å². The average Bonchev–Trinajstić information content (AvgIpc) is 2.98. The summed E-state index contributed by atoms with van der Waals surface area (Å²) >= 11 is 0. The smallest absolute Gasteiger partial charge is 0.244 e. The number of sulfonamides is 1. The Balaban J connectivity index is 2.06. The molecule has 2 N–H and O–H groups in total. The van der Waals surface area contributed by atoms with E-state index in [2.05, 4.69) is 15.1 Å². The molecule has 0 bridgehead atoms. The lowest BCUT2D eigenvalue weighted by molar-refractivity contribution is 0.0957. The summed E-state index contributed by atoms with van der Waals surface area (Å²) in [5.74, 6) is 0. The monoisotopic (exact) mass is 316 g/mol. The van der Waals surface area contributed by atoms with E-state index >= 15 is 0 Å². The fourth-order valence-electron chi connectivity index (χ4n) is 2.36. The molecular weight excluding hydrogens is 292 g/mol. The van der Waals surface area contributed by atoms with Gasteiger partial charge in [-0.1, -0.05) is 0 Å². The van der Waals surface area contributed by atoms with E-state index in [1.54, 1.807) is 10.9 Å². The maximum absolute atomic E-state index is 12.4. The number of hydrogen-bond acceptors (Lipinski definition) is 5. The number of hydrogen-bond donors (Lipinski definition) is 2. The third-order valence-corrected chi connectivity index (χ3v) is 5.55. The first kappa shape index (κ1) is 16.4. The molecule has 1 saturated heterocycles. The van der Waals surface area contributed by atoms with Gasteiger partial charge < -0.3 is 10.1 Å². The summed E-state index contributed by atoms with van der Waals surface area (Å²) < 4.78 is 34.8. The third-order valence-electron chi connectivity index (χ3n) is 3.99. The van der Waals surface area contributed by atoms with Gasteiger partial charge in [-0.25, -0.2) is 13.1 Å². The quantitative estimate of drug-likeness (QED) is 0.709. The number of ether oxygens (including phenoxy) is 1. The van der Waals surface area contributed by atoms with Crippen LogP contribution in [0.4, 0.5) is 0 Å². The maximum atomic E-state index is 12.4. The van der Waals surface area contributed by atoms with Crippen LogP contribution in [0.1, 0.15) is 26.7 Å². The Kier molecular flexibility index (Phi) is 5.03. The van der Waals surface area contributed by atoms with Gasteiger partial charge >= 0.3 is 0 Å². The summed E-state index contributed by atoms with van der Waals surface area (Å²) in [6, 6.07) is 0. The fourth-order valence-corrected chi connectivity index (χ4v) is 3.80. The number of nitrogens with one attached hydrogen (secondary N) is 2. The molecule has 1 aliphatic rings. The largest absolute Gasteiger partial charge is 0.376 e. The highest BCUT2D eigenvalue weighted by atomic mass is 32.2. The Morgan fingerprint density at radius 3 is 2.95 bits per heavy atom. The molecule has 2 rings (SSSR count). The highest BCUT2D eigenvalue weighted by molar-refractivity contribution is 7.89. The van der Waals surface area contributed by atoms with Gasteiger partial charge in [0.05, 0.1) is 17.8 Å². The van der Waals surface area contributed by atoms with Crippen molar-refractivity contribution in [3.63, 3.8) is 0 Å². The second-order valence-electron chi connectivity index (χ2n) is 5.68. The minimum atomic E-state index is -3.57. The van der Waals surface area contributed by atoms with Gasteiger partial charge in [0.2, 0.25) is 10.0 Å². The molecule has 0 aliphatic carbocycles. The van der Waals surface area contributed by atoms with Gasteiger partial charge in [0.25, 0.3) is 0 Å². The molecule has 2 atom stereocenters. The number of aryl methyl sites for hydroxylation is 1. The Hall–Kier alpha value is -0.960. The standard InChI is InChI=1S/C13H24N4O3S/c1-11-13(2,5-8-20-11)16-21(18,19)12-9-15-17(10-12)7-4-6-14-3/h9-11,14,16H,4-8H2,1-3H3. The summed E-state index contributed by atoms with van der Waals surface area (Å²) in [4.78, 5) is 0.201. The lowest BCUT2D eigenvalue weighted by Crippen LogP contribution is -2.50. The highest BCUT2D eigenvalue weighted by Gasteiger charge is 2.40. The fraction of sp³-hybridized carbons (Fsp3) is 0.769. The molecule has 1 fully saturated rings. The van der Waals surface area contributed by atoms with Crippen LogP contribution < -0.4 is 10.0 Å². The van der Waals surface area contributed by atoms with Gasteiger partial charge in [-0.05, 0) is 40.3 Å². The van der Waals surface area contributed by atoms with Crippen molar-refractivity contribution >= 4 is 10.0 Å². The minimum Gasteiger partial charge on any atom is -0.376 e. The second-order valence-corrected chi connectivity index (χ2v) is 7.36. The summed E-state index contributed by atoms with van der Waals surface area (Å²) in [7, 11) is -1.69. The zero-order valence-corrected chi connectivity index (χ0v) is 13.6. The normalized spacial score (nSPS) is 26.3. The molecule has 21 heavy (non-hydrogen) atoms. The van der Waals surface area contributed by atoms with Crippen LogP contribution in [0.5, 0.6) is 0 Å². The first-order chi connectivity index (χ1) is 9.87. The van der Waals surface area contributed by atoms with E-state index in [1.807, 2.05) is 20.9 Å². The predicted octanol–water partition coefficient (Wildman–Crippen LogP) is 0.338. The summed E-state index contributed by atoms with van der Waals surface area (Å²) in [5, 5.41) is 7.16. The van der Waals surface area contributed by atoms with Crippen LogP contribution in [0.2, 0.25) is 0 Å². The van der Waals surface area contributed by atoms with Crippen molar-refractivity contribution < 1.29 is 13.2 Å². The SMILES string of the molecule is CNCCCn1cc(S(=O)(=O)NC2(C)CCOC2C)cn1. The predicted molar refractivity (Wildman–Crippen MR) is 79.5 cm³/mol. The molecule has 7 nitrogen and oxygen atoms in total. The molecular formula is C13H24N4O3S. The van der Waals surface area contributed by atoms with Crippen LogP contribution in [-0.2, 0) is 21.3 Å². The van der Waals surface area contributed by atoms with Gasteiger partial charge in [0.15, 0.2) is 0 Å². The topological polar surface area (TPSA) is 85.2 Å². The molecule has 1 aliphatic heterocycles. The van der Waals surface area contributed by atoms with E-state index in [0.29, 0.717) is 19.6 Å². The molecule has 1 aromatic heterocycles. The number of nitrogens with zero attached hydrogens (tertiary/aromatic N) is 2. The van der Waals surface area contributed by atoms with Crippen LogP contribution in [-0.4, -0.2) is 50.0 Å². The molecule has 0 saturated carbocycles. The van der Waals surface area contributed by atoms with Gasteiger partial charge in [0, 0.05) is 19.3 Å². The Morgan fingerprint density at radius 1 is 1.57 bits per heavy atom. The van der Waals surface area contributed by atoms with Crippen LogP contribution in [0.3, 0.4) is 0 Å².